The molecule has 0 aliphatic rings. The number of benzene rings is 1. The van der Waals surface area contributed by atoms with E-state index in [1.165, 1.54) is 29.1 Å². The van der Waals surface area contributed by atoms with Crippen molar-refractivity contribution < 1.29 is 9.50 Å². The largest absolute Gasteiger partial charge is 0.382 e. The van der Waals surface area contributed by atoms with E-state index in [-0.39, 0.29) is 0 Å². The summed E-state index contributed by atoms with van der Waals surface area (Å²) < 4.78 is 15.2. The summed E-state index contributed by atoms with van der Waals surface area (Å²) in [6.07, 6.45) is 0.410. The molecule has 17 heavy (non-hydrogen) atoms. The van der Waals surface area contributed by atoms with Gasteiger partial charge in [-0.15, -0.1) is 0 Å². The number of nitrogens with zero attached hydrogens (tertiary/aromatic N) is 2. The van der Waals surface area contributed by atoms with Crippen molar-refractivity contribution in [2.45, 2.75) is 6.10 Å². The number of aryl methyl sites for hydroxylation is 1. The first kappa shape index (κ1) is 12.5. The molecule has 0 bridgehead atoms. The van der Waals surface area contributed by atoms with Gasteiger partial charge in [0.15, 0.2) is 0 Å². The van der Waals surface area contributed by atoms with Gasteiger partial charge in [-0.05, 0) is 18.2 Å². The van der Waals surface area contributed by atoms with Gasteiger partial charge in [-0.3, -0.25) is 4.68 Å². The second-order valence-corrected chi connectivity index (χ2v) is 4.83. The molecule has 0 aliphatic carbocycles. The lowest BCUT2D eigenvalue weighted by Crippen LogP contribution is -2.08. The number of hydrogen-bond donors (Lipinski definition) is 1. The molecular weight excluding hydrogens is 310 g/mol. The molecule has 0 radical (unpaired) electrons. The fourth-order valence-electron chi connectivity index (χ4n) is 1.60. The van der Waals surface area contributed by atoms with Crippen molar-refractivity contribution in [1.82, 2.24) is 9.78 Å². The molecule has 2 rings (SSSR count). The molecule has 1 N–H and O–H groups in total. The molecule has 2 aromatic rings. The van der Waals surface area contributed by atoms with Gasteiger partial charge in [0.05, 0.1) is 16.9 Å². The van der Waals surface area contributed by atoms with Crippen molar-refractivity contribution >= 4 is 27.5 Å². The summed E-state index contributed by atoms with van der Waals surface area (Å²) in [5.41, 5.74) is 0.841. The maximum absolute atomic E-state index is 13.2. The van der Waals surface area contributed by atoms with Gasteiger partial charge >= 0.3 is 0 Å². The minimum Gasteiger partial charge on any atom is -0.382 e. The van der Waals surface area contributed by atoms with E-state index in [2.05, 4.69) is 21.0 Å². The van der Waals surface area contributed by atoms with Crippen molar-refractivity contribution in [3.05, 3.63) is 51.0 Å². The number of halogens is 3. The molecule has 3 nitrogen and oxygen atoms in total. The summed E-state index contributed by atoms with van der Waals surface area (Å²) in [4.78, 5) is 0. The van der Waals surface area contributed by atoms with Gasteiger partial charge in [0.25, 0.3) is 0 Å². The van der Waals surface area contributed by atoms with Crippen molar-refractivity contribution in [1.29, 1.82) is 0 Å². The molecular formula is C11H9BrClFN2O. The topological polar surface area (TPSA) is 38.0 Å². The third-order valence-electron chi connectivity index (χ3n) is 2.45. The van der Waals surface area contributed by atoms with Gasteiger partial charge in [-0.2, -0.15) is 5.10 Å². The summed E-state index contributed by atoms with van der Waals surface area (Å²) in [7, 11) is 1.66. The van der Waals surface area contributed by atoms with Crippen molar-refractivity contribution in [2.75, 3.05) is 0 Å². The van der Waals surface area contributed by atoms with Gasteiger partial charge < -0.3 is 5.11 Å². The van der Waals surface area contributed by atoms with Crippen LogP contribution >= 0.6 is 27.5 Å². The maximum Gasteiger partial charge on any atom is 0.123 e. The van der Waals surface area contributed by atoms with Crippen LogP contribution in [0.3, 0.4) is 0 Å². The lowest BCUT2D eigenvalue weighted by molar-refractivity contribution is 0.208. The zero-order valence-corrected chi connectivity index (χ0v) is 11.2. The van der Waals surface area contributed by atoms with E-state index in [1.54, 1.807) is 7.05 Å². The first-order chi connectivity index (χ1) is 8.00. The zero-order valence-electron chi connectivity index (χ0n) is 8.86. The Labute approximate surface area is 111 Å². The fourth-order valence-corrected chi connectivity index (χ4v) is 2.33. The summed E-state index contributed by atoms with van der Waals surface area (Å²) >= 11 is 9.20. The average Bonchev–Trinajstić information content (AvgIpc) is 2.61. The highest BCUT2D eigenvalue weighted by Gasteiger charge is 2.20. The van der Waals surface area contributed by atoms with Crippen LogP contribution in [0.2, 0.25) is 5.02 Å². The van der Waals surface area contributed by atoms with E-state index in [0.717, 1.165) is 0 Å². The first-order valence-corrected chi connectivity index (χ1v) is 5.98. The van der Waals surface area contributed by atoms with Crippen LogP contribution in [0, 0.1) is 5.82 Å². The molecule has 0 saturated carbocycles. The number of aromatic nitrogens is 2. The molecule has 0 aliphatic heterocycles. The summed E-state index contributed by atoms with van der Waals surface area (Å²) in [6.45, 7) is 0. The standard InChI is InChI=1S/C11H9BrClFN2O/c1-16-10(9(13)5-15-16)11(17)7-4-6(14)2-3-8(7)12/h2-5,11,17H,1H3. The number of rotatable bonds is 2. The number of aliphatic hydroxyl groups is 1. The van der Waals surface area contributed by atoms with Gasteiger partial charge in [-0.25, -0.2) is 4.39 Å². The average molecular weight is 320 g/mol. The minimum atomic E-state index is -1.03. The highest BCUT2D eigenvalue weighted by Crippen LogP contribution is 2.32. The predicted molar refractivity (Wildman–Crippen MR) is 66.4 cm³/mol. The van der Waals surface area contributed by atoms with E-state index < -0.39 is 11.9 Å². The van der Waals surface area contributed by atoms with Crippen LogP contribution in [-0.2, 0) is 7.05 Å². The molecule has 1 atom stereocenters. The molecule has 6 heteroatoms. The highest BCUT2D eigenvalue weighted by molar-refractivity contribution is 9.10. The zero-order chi connectivity index (χ0) is 12.6. The van der Waals surface area contributed by atoms with Crippen molar-refractivity contribution in [3.8, 4) is 0 Å². The van der Waals surface area contributed by atoms with Crippen molar-refractivity contribution in [2.24, 2.45) is 7.05 Å². The van der Waals surface area contributed by atoms with Crippen LogP contribution in [0.5, 0.6) is 0 Å². The number of aliphatic hydroxyl groups excluding tert-OH is 1. The molecule has 1 heterocycles. The third-order valence-corrected chi connectivity index (χ3v) is 3.46. The van der Waals surface area contributed by atoms with Crippen LogP contribution < -0.4 is 0 Å². The molecule has 0 spiro atoms. The second kappa shape index (κ2) is 4.76. The summed E-state index contributed by atoms with van der Waals surface area (Å²) in [5.74, 6) is -0.416. The Balaban J connectivity index is 2.50. The Morgan fingerprint density at radius 2 is 2.24 bits per heavy atom. The van der Waals surface area contributed by atoms with Gasteiger partial charge in [-0.1, -0.05) is 27.5 Å². The SMILES string of the molecule is Cn1ncc(Cl)c1C(O)c1cc(F)ccc1Br. The quantitative estimate of drug-likeness (QED) is 0.924. The Kier molecular flexibility index (Phi) is 3.51. The summed E-state index contributed by atoms with van der Waals surface area (Å²) in [6, 6.07) is 4.11. The maximum atomic E-state index is 13.2. The van der Waals surface area contributed by atoms with Crippen LogP contribution in [0.4, 0.5) is 4.39 Å². The molecule has 90 valence electrons. The highest BCUT2D eigenvalue weighted by atomic mass is 79.9. The Morgan fingerprint density at radius 1 is 1.53 bits per heavy atom. The molecule has 1 aromatic heterocycles. The predicted octanol–water partition coefficient (Wildman–Crippen LogP) is 3.06. The summed E-state index contributed by atoms with van der Waals surface area (Å²) in [5, 5.41) is 14.5. The van der Waals surface area contributed by atoms with Crippen LogP contribution in [0.15, 0.2) is 28.9 Å². The Morgan fingerprint density at radius 3 is 2.82 bits per heavy atom. The molecule has 0 amide bonds. The first-order valence-electron chi connectivity index (χ1n) is 4.81. The van der Waals surface area contributed by atoms with E-state index in [1.807, 2.05) is 0 Å². The molecule has 1 aromatic carbocycles. The minimum absolute atomic E-state index is 0.344. The Hall–Kier alpha value is -0.910. The monoisotopic (exact) mass is 318 g/mol. The lowest BCUT2D eigenvalue weighted by atomic mass is 10.1. The smallest absolute Gasteiger partial charge is 0.123 e. The molecule has 1 unspecified atom stereocenters. The second-order valence-electron chi connectivity index (χ2n) is 3.57. The van der Waals surface area contributed by atoms with Crippen LogP contribution in [0.1, 0.15) is 17.4 Å². The molecule has 0 fully saturated rings. The fraction of sp³-hybridized carbons (Fsp3) is 0.182. The van der Waals surface area contributed by atoms with Crippen LogP contribution in [0.25, 0.3) is 0 Å². The lowest BCUT2D eigenvalue weighted by Gasteiger charge is -2.14. The van der Waals surface area contributed by atoms with E-state index in [4.69, 9.17) is 11.6 Å². The third kappa shape index (κ3) is 2.36. The van der Waals surface area contributed by atoms with Gasteiger partial charge in [0.2, 0.25) is 0 Å². The van der Waals surface area contributed by atoms with E-state index >= 15 is 0 Å². The Bertz CT molecular complexity index is 539. The van der Waals surface area contributed by atoms with E-state index in [0.29, 0.717) is 20.8 Å². The van der Waals surface area contributed by atoms with Gasteiger partial charge in [0.1, 0.15) is 11.9 Å². The van der Waals surface area contributed by atoms with Crippen LogP contribution in [-0.4, -0.2) is 14.9 Å². The number of hydrogen-bond acceptors (Lipinski definition) is 2. The van der Waals surface area contributed by atoms with Gasteiger partial charge in [0, 0.05) is 17.1 Å². The van der Waals surface area contributed by atoms with E-state index in [9.17, 15) is 9.50 Å². The normalized spacial score (nSPS) is 12.8. The molecule has 0 saturated heterocycles. The van der Waals surface area contributed by atoms with Crippen molar-refractivity contribution in [3.63, 3.8) is 0 Å².